The van der Waals surface area contributed by atoms with E-state index < -0.39 is 6.10 Å². The summed E-state index contributed by atoms with van der Waals surface area (Å²) in [5.41, 5.74) is 2.06. The molecule has 6 heteroatoms. The Hall–Kier alpha value is -1.27. The first kappa shape index (κ1) is 10.3. The minimum atomic E-state index is -0.541. The summed E-state index contributed by atoms with van der Waals surface area (Å²) in [5.74, 6) is 0.565. The summed E-state index contributed by atoms with van der Waals surface area (Å²) in [7, 11) is 1.71. The summed E-state index contributed by atoms with van der Waals surface area (Å²) in [5, 5.41) is 25.5. The van der Waals surface area contributed by atoms with Crippen LogP contribution in [0.3, 0.4) is 0 Å². The van der Waals surface area contributed by atoms with Crippen molar-refractivity contribution in [2.75, 3.05) is 0 Å². The van der Waals surface area contributed by atoms with Gasteiger partial charge in [0, 0.05) is 6.42 Å². The number of aliphatic hydroxyl groups excluding tert-OH is 1. The predicted octanol–water partition coefficient (Wildman–Crippen LogP) is 0.856. The van der Waals surface area contributed by atoms with Crippen LogP contribution in [0.5, 0.6) is 0 Å². The van der Waals surface area contributed by atoms with Crippen LogP contribution in [0.2, 0.25) is 0 Å². The van der Waals surface area contributed by atoms with E-state index in [2.05, 4.69) is 15.4 Å². The highest BCUT2D eigenvalue weighted by molar-refractivity contribution is 7.08. The lowest BCUT2D eigenvalue weighted by atomic mass is 10.1. The third kappa shape index (κ3) is 2.21. The minimum Gasteiger partial charge on any atom is -0.388 e. The van der Waals surface area contributed by atoms with Crippen LogP contribution in [0.4, 0.5) is 0 Å². The fourth-order valence-corrected chi connectivity index (χ4v) is 2.30. The van der Waals surface area contributed by atoms with Crippen molar-refractivity contribution in [3.05, 3.63) is 27.7 Å². The molecule has 0 saturated heterocycles. The SMILES string of the molecule is Cc1cscc1C(O)Cc1nnn(C)n1. The molecule has 0 amide bonds. The molecule has 2 heterocycles. The van der Waals surface area contributed by atoms with Crippen molar-refractivity contribution in [1.82, 2.24) is 20.2 Å². The van der Waals surface area contributed by atoms with Gasteiger partial charge in [0.1, 0.15) is 0 Å². The first-order valence-electron chi connectivity index (χ1n) is 4.60. The molecule has 2 rings (SSSR count). The summed E-state index contributed by atoms with van der Waals surface area (Å²) in [4.78, 5) is 1.39. The van der Waals surface area contributed by atoms with Gasteiger partial charge >= 0.3 is 0 Å². The Kier molecular flexibility index (Phi) is 2.79. The smallest absolute Gasteiger partial charge is 0.177 e. The minimum absolute atomic E-state index is 0.408. The summed E-state index contributed by atoms with van der Waals surface area (Å²) in [6.45, 7) is 1.99. The first-order valence-corrected chi connectivity index (χ1v) is 5.54. The van der Waals surface area contributed by atoms with Gasteiger partial charge in [0.05, 0.1) is 13.2 Å². The average Bonchev–Trinajstić information content (AvgIpc) is 2.75. The molecule has 0 aliphatic heterocycles. The predicted molar refractivity (Wildman–Crippen MR) is 56.5 cm³/mol. The van der Waals surface area contributed by atoms with Crippen LogP contribution in [-0.4, -0.2) is 25.3 Å². The largest absolute Gasteiger partial charge is 0.388 e. The quantitative estimate of drug-likeness (QED) is 0.839. The van der Waals surface area contributed by atoms with Crippen molar-refractivity contribution in [1.29, 1.82) is 0 Å². The molecule has 1 unspecified atom stereocenters. The van der Waals surface area contributed by atoms with Crippen LogP contribution < -0.4 is 0 Å². The second-order valence-corrected chi connectivity index (χ2v) is 4.17. The molecule has 0 spiro atoms. The molecule has 0 aliphatic rings. The Morgan fingerprint density at radius 3 is 2.87 bits per heavy atom. The molecule has 0 radical (unpaired) electrons. The maximum atomic E-state index is 9.94. The average molecular weight is 224 g/mol. The van der Waals surface area contributed by atoms with Crippen molar-refractivity contribution < 1.29 is 5.11 Å². The van der Waals surface area contributed by atoms with Crippen LogP contribution in [-0.2, 0) is 13.5 Å². The fourth-order valence-electron chi connectivity index (χ4n) is 1.40. The van der Waals surface area contributed by atoms with Crippen LogP contribution in [0.25, 0.3) is 0 Å². The van der Waals surface area contributed by atoms with Crippen LogP contribution >= 0.6 is 11.3 Å². The number of rotatable bonds is 3. The maximum Gasteiger partial charge on any atom is 0.177 e. The first-order chi connectivity index (χ1) is 7.16. The topological polar surface area (TPSA) is 63.8 Å². The Labute approximate surface area is 91.4 Å². The van der Waals surface area contributed by atoms with Crippen molar-refractivity contribution in [3.8, 4) is 0 Å². The van der Waals surface area contributed by atoms with Crippen molar-refractivity contribution in [2.24, 2.45) is 7.05 Å². The fraction of sp³-hybridized carbons (Fsp3) is 0.444. The zero-order valence-electron chi connectivity index (χ0n) is 8.58. The molecule has 0 aliphatic carbocycles. The van der Waals surface area contributed by atoms with Gasteiger partial charge in [-0.15, -0.1) is 10.2 Å². The second-order valence-electron chi connectivity index (χ2n) is 3.43. The van der Waals surface area contributed by atoms with Gasteiger partial charge in [0.25, 0.3) is 0 Å². The number of aliphatic hydroxyl groups is 1. The van der Waals surface area contributed by atoms with Gasteiger partial charge in [-0.1, -0.05) is 0 Å². The normalized spacial score (nSPS) is 13.0. The van der Waals surface area contributed by atoms with Crippen molar-refractivity contribution in [3.63, 3.8) is 0 Å². The van der Waals surface area contributed by atoms with Crippen molar-refractivity contribution >= 4 is 11.3 Å². The highest BCUT2D eigenvalue weighted by atomic mass is 32.1. The van der Waals surface area contributed by atoms with Gasteiger partial charge in [-0.05, 0) is 34.0 Å². The molecule has 2 aromatic heterocycles. The third-order valence-corrected chi connectivity index (χ3v) is 3.06. The van der Waals surface area contributed by atoms with Crippen LogP contribution in [0.1, 0.15) is 23.1 Å². The Balaban J connectivity index is 2.10. The zero-order valence-corrected chi connectivity index (χ0v) is 9.40. The monoisotopic (exact) mass is 224 g/mol. The van der Waals surface area contributed by atoms with Gasteiger partial charge in [0.15, 0.2) is 5.82 Å². The summed E-state index contributed by atoms with van der Waals surface area (Å²) in [6, 6.07) is 0. The second kappa shape index (κ2) is 4.08. The molecule has 1 atom stereocenters. The molecule has 0 fully saturated rings. The number of aromatic nitrogens is 4. The number of hydrogen-bond donors (Lipinski definition) is 1. The summed E-state index contributed by atoms with van der Waals surface area (Å²) < 4.78 is 0. The van der Waals surface area contributed by atoms with E-state index in [0.29, 0.717) is 12.2 Å². The Bertz CT molecular complexity index is 450. The highest BCUT2D eigenvalue weighted by Crippen LogP contribution is 2.23. The van der Waals surface area contributed by atoms with Gasteiger partial charge in [0.2, 0.25) is 0 Å². The van der Waals surface area contributed by atoms with Gasteiger partial charge in [-0.2, -0.15) is 16.1 Å². The van der Waals surface area contributed by atoms with E-state index in [1.54, 1.807) is 18.4 Å². The number of tetrazole rings is 1. The number of aryl methyl sites for hydroxylation is 2. The van der Waals surface area contributed by atoms with E-state index in [1.165, 1.54) is 4.80 Å². The van der Waals surface area contributed by atoms with Crippen LogP contribution in [0.15, 0.2) is 10.8 Å². The molecule has 1 N–H and O–H groups in total. The summed E-state index contributed by atoms with van der Waals surface area (Å²) >= 11 is 1.59. The van der Waals surface area contributed by atoms with Gasteiger partial charge < -0.3 is 5.11 Å². The molecular weight excluding hydrogens is 212 g/mol. The number of thiophene rings is 1. The molecule has 0 aromatic carbocycles. The number of hydrogen-bond acceptors (Lipinski definition) is 5. The molecule has 0 saturated carbocycles. The molecule has 15 heavy (non-hydrogen) atoms. The molecule has 0 bridgehead atoms. The highest BCUT2D eigenvalue weighted by Gasteiger charge is 2.14. The van der Waals surface area contributed by atoms with Crippen LogP contribution in [0, 0.1) is 6.92 Å². The molecular formula is C9H12N4OS. The maximum absolute atomic E-state index is 9.94. The van der Waals surface area contributed by atoms with E-state index in [1.807, 2.05) is 17.7 Å². The number of nitrogens with zero attached hydrogens (tertiary/aromatic N) is 4. The molecule has 5 nitrogen and oxygen atoms in total. The lowest BCUT2D eigenvalue weighted by molar-refractivity contribution is 0.175. The molecule has 2 aromatic rings. The third-order valence-electron chi connectivity index (χ3n) is 2.18. The standard InChI is InChI=1S/C9H12N4OS/c1-6-4-15-5-7(6)8(14)3-9-10-12-13(2)11-9/h4-5,8,14H,3H2,1-2H3. The van der Waals surface area contributed by atoms with E-state index in [-0.39, 0.29) is 0 Å². The summed E-state index contributed by atoms with van der Waals surface area (Å²) in [6.07, 6.45) is -0.133. The van der Waals surface area contributed by atoms with E-state index in [4.69, 9.17) is 0 Å². The lowest BCUT2D eigenvalue weighted by Crippen LogP contribution is -2.04. The lowest BCUT2D eigenvalue weighted by Gasteiger charge is -2.06. The van der Waals surface area contributed by atoms with Gasteiger partial charge in [-0.3, -0.25) is 0 Å². The van der Waals surface area contributed by atoms with Crippen molar-refractivity contribution in [2.45, 2.75) is 19.4 Å². The van der Waals surface area contributed by atoms with Gasteiger partial charge in [-0.25, -0.2) is 0 Å². The molecule has 80 valence electrons. The van der Waals surface area contributed by atoms with E-state index >= 15 is 0 Å². The Morgan fingerprint density at radius 1 is 1.53 bits per heavy atom. The van der Waals surface area contributed by atoms with E-state index in [0.717, 1.165) is 11.1 Å². The van der Waals surface area contributed by atoms with E-state index in [9.17, 15) is 5.11 Å². The zero-order chi connectivity index (χ0) is 10.8. The Morgan fingerprint density at radius 2 is 2.33 bits per heavy atom.